The molecular weight excluding hydrogens is 225 g/mol. The maximum absolute atomic E-state index is 5.89. The Balaban J connectivity index is 2.87. The Morgan fingerprint density at radius 3 is 3.00 bits per heavy atom. The fourth-order valence-corrected chi connectivity index (χ4v) is 1.63. The molecule has 1 aromatic carbocycles. The van der Waals surface area contributed by atoms with Gasteiger partial charge in [-0.2, -0.15) is 0 Å². The van der Waals surface area contributed by atoms with Crippen LogP contribution in [-0.2, 0) is 0 Å². The SMILES string of the molecule is Clc1c[nH]c2ccc(Br)cc12. The van der Waals surface area contributed by atoms with E-state index in [0.29, 0.717) is 0 Å². The van der Waals surface area contributed by atoms with E-state index in [2.05, 4.69) is 20.9 Å². The predicted molar refractivity (Wildman–Crippen MR) is 51.0 cm³/mol. The lowest BCUT2D eigenvalue weighted by atomic mass is 10.2. The van der Waals surface area contributed by atoms with Gasteiger partial charge in [0.05, 0.1) is 5.02 Å². The van der Waals surface area contributed by atoms with E-state index in [1.54, 1.807) is 6.20 Å². The van der Waals surface area contributed by atoms with Crippen LogP contribution in [0.3, 0.4) is 0 Å². The lowest BCUT2D eigenvalue weighted by Crippen LogP contribution is -1.66. The maximum Gasteiger partial charge on any atom is 0.0659 e. The standard InChI is InChI=1S/C8H5BrClN/c9-5-1-2-8-6(3-5)7(10)4-11-8/h1-4,11H. The molecule has 0 aliphatic carbocycles. The number of rotatable bonds is 0. The number of hydrogen-bond acceptors (Lipinski definition) is 0. The zero-order valence-corrected chi connectivity index (χ0v) is 7.91. The van der Waals surface area contributed by atoms with Gasteiger partial charge in [-0.25, -0.2) is 0 Å². The molecule has 2 aromatic rings. The first-order chi connectivity index (χ1) is 5.27. The van der Waals surface area contributed by atoms with E-state index < -0.39 is 0 Å². The molecule has 0 aliphatic rings. The summed E-state index contributed by atoms with van der Waals surface area (Å²) >= 11 is 9.27. The third kappa shape index (κ3) is 1.17. The van der Waals surface area contributed by atoms with Crippen LogP contribution in [0.25, 0.3) is 10.9 Å². The van der Waals surface area contributed by atoms with Crippen molar-refractivity contribution in [3.63, 3.8) is 0 Å². The summed E-state index contributed by atoms with van der Waals surface area (Å²) in [5.74, 6) is 0. The third-order valence-electron chi connectivity index (χ3n) is 1.59. The van der Waals surface area contributed by atoms with Gasteiger partial charge in [-0.15, -0.1) is 0 Å². The monoisotopic (exact) mass is 229 g/mol. The summed E-state index contributed by atoms with van der Waals surface area (Å²) < 4.78 is 1.05. The molecular formula is C8H5BrClN. The van der Waals surface area contributed by atoms with Crippen molar-refractivity contribution in [2.24, 2.45) is 0 Å². The number of H-pyrrole nitrogens is 1. The molecule has 0 bridgehead atoms. The van der Waals surface area contributed by atoms with Gasteiger partial charge in [0.2, 0.25) is 0 Å². The highest BCUT2D eigenvalue weighted by Crippen LogP contribution is 2.25. The van der Waals surface area contributed by atoms with Gasteiger partial charge < -0.3 is 4.98 Å². The molecule has 0 saturated heterocycles. The van der Waals surface area contributed by atoms with Crippen molar-refractivity contribution in [1.82, 2.24) is 4.98 Å². The first kappa shape index (κ1) is 7.19. The Kier molecular flexibility index (Phi) is 1.66. The molecule has 0 amide bonds. The number of halogens is 2. The molecule has 56 valence electrons. The van der Waals surface area contributed by atoms with Gasteiger partial charge in [0, 0.05) is 21.6 Å². The average molecular weight is 230 g/mol. The molecule has 2 rings (SSSR count). The summed E-state index contributed by atoms with van der Waals surface area (Å²) in [4.78, 5) is 3.06. The second-order valence-corrected chi connectivity index (χ2v) is 3.65. The summed E-state index contributed by atoms with van der Waals surface area (Å²) in [5.41, 5.74) is 1.07. The molecule has 0 atom stereocenters. The largest absolute Gasteiger partial charge is 0.360 e. The van der Waals surface area contributed by atoms with Gasteiger partial charge in [0.15, 0.2) is 0 Å². The van der Waals surface area contributed by atoms with Crippen molar-refractivity contribution in [1.29, 1.82) is 0 Å². The minimum absolute atomic E-state index is 0.765. The zero-order valence-electron chi connectivity index (χ0n) is 5.57. The Hall–Kier alpha value is -0.470. The van der Waals surface area contributed by atoms with E-state index in [4.69, 9.17) is 11.6 Å². The summed E-state index contributed by atoms with van der Waals surface area (Å²) in [5, 5.41) is 1.82. The van der Waals surface area contributed by atoms with Crippen molar-refractivity contribution in [3.8, 4) is 0 Å². The number of fused-ring (bicyclic) bond motifs is 1. The number of hydrogen-bond donors (Lipinski definition) is 1. The number of benzene rings is 1. The van der Waals surface area contributed by atoms with Crippen molar-refractivity contribution in [2.75, 3.05) is 0 Å². The van der Waals surface area contributed by atoms with Crippen LogP contribution in [0.1, 0.15) is 0 Å². The summed E-state index contributed by atoms with van der Waals surface area (Å²) in [7, 11) is 0. The fourth-order valence-electron chi connectivity index (χ4n) is 1.06. The van der Waals surface area contributed by atoms with Crippen LogP contribution < -0.4 is 0 Å². The van der Waals surface area contributed by atoms with Gasteiger partial charge in [-0.3, -0.25) is 0 Å². The van der Waals surface area contributed by atoms with Gasteiger partial charge in [-0.1, -0.05) is 27.5 Å². The Morgan fingerprint density at radius 2 is 2.18 bits per heavy atom. The van der Waals surface area contributed by atoms with Crippen LogP contribution in [0, 0.1) is 0 Å². The van der Waals surface area contributed by atoms with E-state index >= 15 is 0 Å². The Morgan fingerprint density at radius 1 is 1.36 bits per heavy atom. The van der Waals surface area contributed by atoms with Crippen molar-refractivity contribution in [3.05, 3.63) is 33.9 Å². The Labute approximate surface area is 77.5 Å². The third-order valence-corrected chi connectivity index (χ3v) is 2.40. The summed E-state index contributed by atoms with van der Waals surface area (Å²) in [6, 6.07) is 5.97. The molecule has 0 spiro atoms. The second kappa shape index (κ2) is 2.54. The van der Waals surface area contributed by atoms with Gasteiger partial charge in [0.1, 0.15) is 0 Å². The van der Waals surface area contributed by atoms with Crippen LogP contribution in [0.15, 0.2) is 28.9 Å². The summed E-state index contributed by atoms with van der Waals surface area (Å²) in [6.07, 6.45) is 1.79. The summed E-state index contributed by atoms with van der Waals surface area (Å²) in [6.45, 7) is 0. The zero-order chi connectivity index (χ0) is 7.84. The van der Waals surface area contributed by atoms with Crippen LogP contribution in [0.2, 0.25) is 5.02 Å². The lowest BCUT2D eigenvalue weighted by molar-refractivity contribution is 1.48. The molecule has 0 unspecified atom stereocenters. The lowest BCUT2D eigenvalue weighted by Gasteiger charge is -1.90. The molecule has 0 saturated carbocycles. The van der Waals surface area contributed by atoms with Crippen LogP contribution in [0.5, 0.6) is 0 Å². The van der Waals surface area contributed by atoms with Gasteiger partial charge in [-0.05, 0) is 18.2 Å². The van der Waals surface area contributed by atoms with Crippen LogP contribution in [-0.4, -0.2) is 4.98 Å². The van der Waals surface area contributed by atoms with E-state index in [0.717, 1.165) is 20.4 Å². The van der Waals surface area contributed by atoms with Crippen LogP contribution >= 0.6 is 27.5 Å². The fraction of sp³-hybridized carbons (Fsp3) is 0. The highest BCUT2D eigenvalue weighted by atomic mass is 79.9. The molecule has 11 heavy (non-hydrogen) atoms. The predicted octanol–water partition coefficient (Wildman–Crippen LogP) is 3.58. The highest BCUT2D eigenvalue weighted by molar-refractivity contribution is 9.10. The number of aromatic amines is 1. The van der Waals surface area contributed by atoms with Crippen molar-refractivity contribution in [2.45, 2.75) is 0 Å². The first-order valence-electron chi connectivity index (χ1n) is 3.19. The average Bonchev–Trinajstić information content (AvgIpc) is 2.33. The van der Waals surface area contributed by atoms with E-state index in [1.807, 2.05) is 18.2 Å². The first-order valence-corrected chi connectivity index (χ1v) is 4.36. The molecule has 1 N–H and O–H groups in total. The quantitative estimate of drug-likeness (QED) is 0.712. The molecule has 3 heteroatoms. The van der Waals surface area contributed by atoms with E-state index in [1.165, 1.54) is 0 Å². The topological polar surface area (TPSA) is 15.8 Å². The molecule has 0 aliphatic heterocycles. The minimum atomic E-state index is 0.765. The second-order valence-electron chi connectivity index (χ2n) is 2.33. The molecule has 1 aromatic heterocycles. The molecule has 1 nitrogen and oxygen atoms in total. The van der Waals surface area contributed by atoms with Crippen molar-refractivity contribution < 1.29 is 0 Å². The number of aromatic nitrogens is 1. The molecule has 0 fully saturated rings. The normalized spacial score (nSPS) is 10.7. The van der Waals surface area contributed by atoms with Crippen molar-refractivity contribution >= 4 is 38.4 Å². The van der Waals surface area contributed by atoms with E-state index in [9.17, 15) is 0 Å². The van der Waals surface area contributed by atoms with Gasteiger partial charge >= 0.3 is 0 Å². The maximum atomic E-state index is 5.89. The highest BCUT2D eigenvalue weighted by Gasteiger charge is 1.99. The van der Waals surface area contributed by atoms with Gasteiger partial charge in [0.25, 0.3) is 0 Å². The Bertz CT molecular complexity index is 394. The van der Waals surface area contributed by atoms with Crippen LogP contribution in [0.4, 0.5) is 0 Å². The number of nitrogens with one attached hydrogen (secondary N) is 1. The smallest absolute Gasteiger partial charge is 0.0659 e. The minimum Gasteiger partial charge on any atom is -0.360 e. The molecule has 1 heterocycles. The van der Waals surface area contributed by atoms with E-state index in [-0.39, 0.29) is 0 Å². The molecule has 0 radical (unpaired) electrons.